The van der Waals surface area contributed by atoms with E-state index in [9.17, 15) is 14.7 Å². The van der Waals surface area contributed by atoms with Crippen molar-refractivity contribution in [3.05, 3.63) is 35.4 Å². The van der Waals surface area contributed by atoms with Crippen molar-refractivity contribution in [2.24, 2.45) is 0 Å². The number of anilines is 1. The number of amides is 1. The van der Waals surface area contributed by atoms with Gasteiger partial charge in [-0.2, -0.15) is 0 Å². The van der Waals surface area contributed by atoms with E-state index >= 15 is 0 Å². The van der Waals surface area contributed by atoms with Crippen LogP contribution >= 0.6 is 23.1 Å². The number of carbonyl (C=O) groups excluding carboxylic acids is 1. The fourth-order valence-electron chi connectivity index (χ4n) is 2.85. The van der Waals surface area contributed by atoms with Gasteiger partial charge in [0.1, 0.15) is 6.04 Å². The standard InChI is InChI=1S/C18H22N4O3S2/c1-18(2,3)19-16-20-21-17(27-16)26-10-14(23)22-9-12-7-5-4-6-11(12)8-13(22)15(24)25/h4-7,13H,8-10H2,1-3H3,(H,19,20)(H,24,25). The summed E-state index contributed by atoms with van der Waals surface area (Å²) in [5, 5.41) is 21.7. The molecule has 0 saturated heterocycles. The highest BCUT2D eigenvalue weighted by Crippen LogP contribution is 2.29. The zero-order valence-corrected chi connectivity index (χ0v) is 17.1. The van der Waals surface area contributed by atoms with Gasteiger partial charge in [0, 0.05) is 18.5 Å². The van der Waals surface area contributed by atoms with Crippen LogP contribution in [0.25, 0.3) is 0 Å². The third kappa shape index (κ3) is 4.98. The summed E-state index contributed by atoms with van der Waals surface area (Å²) < 4.78 is 0.680. The summed E-state index contributed by atoms with van der Waals surface area (Å²) in [5.41, 5.74) is 1.87. The number of thioether (sulfide) groups is 1. The van der Waals surface area contributed by atoms with Crippen LogP contribution in [0.15, 0.2) is 28.6 Å². The second-order valence-corrected chi connectivity index (χ2v) is 9.59. The summed E-state index contributed by atoms with van der Waals surface area (Å²) in [6.07, 6.45) is 0.334. The first-order valence-corrected chi connectivity index (χ1v) is 10.4. The van der Waals surface area contributed by atoms with E-state index in [2.05, 4.69) is 15.5 Å². The average Bonchev–Trinajstić information content (AvgIpc) is 3.03. The predicted octanol–water partition coefficient (Wildman–Crippen LogP) is 2.88. The molecule has 0 radical (unpaired) electrons. The Morgan fingerprint density at radius 3 is 2.67 bits per heavy atom. The van der Waals surface area contributed by atoms with Crippen molar-refractivity contribution in [3.8, 4) is 0 Å². The molecule has 9 heteroatoms. The van der Waals surface area contributed by atoms with Crippen molar-refractivity contribution in [3.63, 3.8) is 0 Å². The van der Waals surface area contributed by atoms with Crippen LogP contribution in [0.5, 0.6) is 0 Å². The van der Waals surface area contributed by atoms with Crippen LogP contribution in [0.1, 0.15) is 31.9 Å². The molecule has 1 amide bonds. The van der Waals surface area contributed by atoms with Gasteiger partial charge >= 0.3 is 5.97 Å². The van der Waals surface area contributed by atoms with Gasteiger partial charge in [-0.1, -0.05) is 47.4 Å². The van der Waals surface area contributed by atoms with Crippen LogP contribution in [0.2, 0.25) is 0 Å². The fourth-order valence-corrected chi connectivity index (χ4v) is 4.70. The minimum atomic E-state index is -0.976. The first-order valence-electron chi connectivity index (χ1n) is 8.56. The molecule has 0 aliphatic carbocycles. The zero-order chi connectivity index (χ0) is 19.6. The lowest BCUT2D eigenvalue weighted by atomic mass is 9.94. The maximum Gasteiger partial charge on any atom is 0.326 e. The molecule has 2 heterocycles. The second-order valence-electron chi connectivity index (χ2n) is 7.39. The lowest BCUT2D eigenvalue weighted by Crippen LogP contribution is -2.49. The van der Waals surface area contributed by atoms with E-state index in [0.29, 0.717) is 22.4 Å². The molecule has 7 nitrogen and oxygen atoms in total. The van der Waals surface area contributed by atoms with Gasteiger partial charge in [-0.05, 0) is 31.9 Å². The molecular weight excluding hydrogens is 384 g/mol. The summed E-state index contributed by atoms with van der Waals surface area (Å²) >= 11 is 2.67. The van der Waals surface area contributed by atoms with Gasteiger partial charge in [0.15, 0.2) is 4.34 Å². The van der Waals surface area contributed by atoms with Crippen molar-refractivity contribution >= 4 is 40.1 Å². The molecule has 3 rings (SSSR count). The zero-order valence-electron chi connectivity index (χ0n) is 15.4. The Bertz CT molecular complexity index is 847. The first-order chi connectivity index (χ1) is 12.7. The maximum atomic E-state index is 12.7. The minimum absolute atomic E-state index is 0.118. The number of carbonyl (C=O) groups is 2. The number of fused-ring (bicyclic) bond motifs is 1. The van der Waals surface area contributed by atoms with Crippen LogP contribution < -0.4 is 5.32 Å². The van der Waals surface area contributed by atoms with E-state index in [0.717, 1.165) is 11.1 Å². The molecule has 1 unspecified atom stereocenters. The van der Waals surface area contributed by atoms with Crippen LogP contribution in [0.3, 0.4) is 0 Å². The predicted molar refractivity (Wildman–Crippen MR) is 106 cm³/mol. The Labute approximate surface area is 166 Å². The number of carboxylic acid groups (broad SMARTS) is 1. The van der Waals surface area contributed by atoms with Gasteiger partial charge in [-0.3, -0.25) is 4.79 Å². The summed E-state index contributed by atoms with van der Waals surface area (Å²) in [4.78, 5) is 25.8. The molecule has 144 valence electrons. The topological polar surface area (TPSA) is 95.4 Å². The number of carboxylic acids is 1. The van der Waals surface area contributed by atoms with Crippen molar-refractivity contribution in [1.29, 1.82) is 0 Å². The van der Waals surface area contributed by atoms with Crippen molar-refractivity contribution < 1.29 is 14.7 Å². The van der Waals surface area contributed by atoms with E-state index in [4.69, 9.17) is 0 Å². The Hall–Kier alpha value is -2.13. The number of benzene rings is 1. The number of rotatable bonds is 5. The molecule has 1 aliphatic heterocycles. The monoisotopic (exact) mass is 406 g/mol. The third-order valence-electron chi connectivity index (χ3n) is 4.06. The molecule has 0 fully saturated rings. The van der Waals surface area contributed by atoms with Crippen LogP contribution in [-0.4, -0.2) is 49.4 Å². The molecule has 1 aromatic heterocycles. The molecular formula is C18H22N4O3S2. The maximum absolute atomic E-state index is 12.7. The van der Waals surface area contributed by atoms with Gasteiger partial charge < -0.3 is 15.3 Å². The van der Waals surface area contributed by atoms with Crippen molar-refractivity contribution in [1.82, 2.24) is 15.1 Å². The normalized spacial score (nSPS) is 16.7. The fraction of sp³-hybridized carbons (Fsp3) is 0.444. The quantitative estimate of drug-likeness (QED) is 0.737. The highest BCUT2D eigenvalue weighted by Gasteiger charge is 2.34. The molecule has 0 bridgehead atoms. The third-order valence-corrected chi connectivity index (χ3v) is 6.02. The number of aliphatic carboxylic acids is 1. The number of nitrogens with zero attached hydrogens (tertiary/aromatic N) is 3. The van der Waals surface area contributed by atoms with Gasteiger partial charge in [-0.15, -0.1) is 10.2 Å². The van der Waals surface area contributed by atoms with Crippen LogP contribution in [-0.2, 0) is 22.6 Å². The number of hydrogen-bond donors (Lipinski definition) is 2. The van der Waals surface area contributed by atoms with E-state index in [1.54, 1.807) is 0 Å². The number of nitrogens with one attached hydrogen (secondary N) is 1. The Balaban J connectivity index is 1.65. The molecule has 1 aliphatic rings. The Morgan fingerprint density at radius 2 is 2.00 bits per heavy atom. The van der Waals surface area contributed by atoms with E-state index in [1.807, 2.05) is 45.0 Å². The minimum Gasteiger partial charge on any atom is -0.480 e. The summed E-state index contributed by atoms with van der Waals surface area (Å²) in [5.74, 6) is -1.05. The molecule has 0 saturated carbocycles. The summed E-state index contributed by atoms with van der Waals surface area (Å²) in [6, 6.07) is 6.83. The first kappa shape index (κ1) is 19.6. The molecule has 0 spiro atoms. The smallest absolute Gasteiger partial charge is 0.326 e. The van der Waals surface area contributed by atoms with Crippen molar-refractivity contribution in [2.75, 3.05) is 11.1 Å². The van der Waals surface area contributed by atoms with Gasteiger partial charge in [0.05, 0.1) is 5.75 Å². The Morgan fingerprint density at radius 1 is 1.30 bits per heavy atom. The van der Waals surface area contributed by atoms with Crippen LogP contribution in [0, 0.1) is 0 Å². The molecule has 2 aromatic rings. The lowest BCUT2D eigenvalue weighted by Gasteiger charge is -2.34. The van der Waals surface area contributed by atoms with E-state index < -0.39 is 12.0 Å². The van der Waals surface area contributed by atoms with Crippen LogP contribution in [0.4, 0.5) is 5.13 Å². The molecule has 1 atom stereocenters. The van der Waals surface area contributed by atoms with Gasteiger partial charge in [0.25, 0.3) is 0 Å². The number of aromatic nitrogens is 2. The van der Waals surface area contributed by atoms with Gasteiger partial charge in [-0.25, -0.2) is 4.79 Å². The molecule has 1 aromatic carbocycles. The molecule has 27 heavy (non-hydrogen) atoms. The molecule has 2 N–H and O–H groups in total. The highest BCUT2D eigenvalue weighted by molar-refractivity contribution is 8.01. The average molecular weight is 407 g/mol. The SMILES string of the molecule is CC(C)(C)Nc1nnc(SCC(=O)N2Cc3ccccc3CC2C(=O)O)s1. The number of hydrogen-bond acceptors (Lipinski definition) is 7. The lowest BCUT2D eigenvalue weighted by molar-refractivity contribution is -0.150. The van der Waals surface area contributed by atoms with E-state index in [-0.39, 0.29) is 17.2 Å². The highest BCUT2D eigenvalue weighted by atomic mass is 32.2. The van der Waals surface area contributed by atoms with Crippen molar-refractivity contribution in [2.45, 2.75) is 49.7 Å². The largest absolute Gasteiger partial charge is 0.480 e. The second kappa shape index (κ2) is 7.85. The summed E-state index contributed by atoms with van der Waals surface area (Å²) in [7, 11) is 0. The van der Waals surface area contributed by atoms with E-state index in [1.165, 1.54) is 28.0 Å². The summed E-state index contributed by atoms with van der Waals surface area (Å²) in [6.45, 7) is 6.42. The Kier molecular flexibility index (Phi) is 5.71. The van der Waals surface area contributed by atoms with Gasteiger partial charge in [0.2, 0.25) is 11.0 Å².